The number of rotatable bonds is 2. The number of fused-ring (bicyclic) bond motifs is 2. The van der Waals surface area contributed by atoms with Crippen molar-refractivity contribution in [1.82, 2.24) is 0 Å². The van der Waals surface area contributed by atoms with Crippen LogP contribution in [-0.4, -0.2) is 11.7 Å². The second-order valence-corrected chi connectivity index (χ2v) is 7.86. The Morgan fingerprint density at radius 1 is 1.03 bits per heavy atom. The molecule has 3 N–H and O–H groups in total. The number of carbonyl (C=O) groups is 1. The third-order valence-corrected chi connectivity index (χ3v) is 5.67. The summed E-state index contributed by atoms with van der Waals surface area (Å²) in [7, 11) is 0. The molecule has 0 saturated carbocycles. The molecule has 0 aliphatic heterocycles. The number of benzene rings is 2. The van der Waals surface area contributed by atoms with E-state index in [0.717, 1.165) is 0 Å². The van der Waals surface area contributed by atoms with Gasteiger partial charge in [-0.05, 0) is 46.6 Å². The van der Waals surface area contributed by atoms with Crippen molar-refractivity contribution in [3.63, 3.8) is 0 Å². The van der Waals surface area contributed by atoms with Crippen LogP contribution in [-0.2, 0) is 5.41 Å². The zero-order valence-electron chi connectivity index (χ0n) is 16.4. The van der Waals surface area contributed by atoms with Crippen LogP contribution in [0.5, 0.6) is 0 Å². The Hall–Kier alpha value is -3.68. The van der Waals surface area contributed by atoms with Gasteiger partial charge in [-0.15, -0.1) is 0 Å². The molecule has 0 bridgehead atoms. The van der Waals surface area contributed by atoms with Crippen molar-refractivity contribution in [2.75, 3.05) is 5.73 Å². The maximum absolute atomic E-state index is 15.0. The first-order valence-corrected chi connectivity index (χ1v) is 9.18. The lowest BCUT2D eigenvalue weighted by molar-refractivity contribution is -0.255. The molecule has 0 amide bonds. The number of aromatic carboxylic acids is 1. The summed E-state index contributed by atoms with van der Waals surface area (Å²) in [6.45, 7) is 3.64. The van der Waals surface area contributed by atoms with Crippen molar-refractivity contribution in [2.45, 2.75) is 19.3 Å². The molecular formula is C23H15F4N2O2-. The number of hydrogen-bond acceptors (Lipinski definition) is 4. The highest BCUT2D eigenvalue weighted by Gasteiger charge is 2.40. The average Bonchev–Trinajstić information content (AvgIpc) is 2.70. The highest BCUT2D eigenvalue weighted by molar-refractivity contribution is 6.08. The van der Waals surface area contributed by atoms with Crippen molar-refractivity contribution < 1.29 is 27.5 Å². The molecule has 0 unspecified atom stereocenters. The van der Waals surface area contributed by atoms with Crippen molar-refractivity contribution in [1.29, 1.82) is 5.41 Å². The van der Waals surface area contributed by atoms with Crippen LogP contribution in [0.2, 0.25) is 0 Å². The second-order valence-electron chi connectivity index (χ2n) is 7.86. The van der Waals surface area contributed by atoms with E-state index in [9.17, 15) is 23.1 Å². The fourth-order valence-electron chi connectivity index (χ4n) is 4.19. The van der Waals surface area contributed by atoms with Crippen LogP contribution in [0.25, 0.3) is 5.57 Å². The van der Waals surface area contributed by atoms with Crippen LogP contribution in [0.1, 0.15) is 40.9 Å². The summed E-state index contributed by atoms with van der Waals surface area (Å²) >= 11 is 0. The molecule has 158 valence electrons. The van der Waals surface area contributed by atoms with Gasteiger partial charge in [0.05, 0.1) is 11.7 Å². The Kier molecular flexibility index (Phi) is 4.43. The van der Waals surface area contributed by atoms with Crippen molar-refractivity contribution >= 4 is 22.9 Å². The molecule has 0 atom stereocenters. The number of halogens is 4. The van der Waals surface area contributed by atoms with Gasteiger partial charge in [-0.25, -0.2) is 17.6 Å². The summed E-state index contributed by atoms with van der Waals surface area (Å²) in [5, 5.41) is 19.7. The fraction of sp³-hybridized carbons (Fsp3) is 0.130. The molecule has 0 fully saturated rings. The van der Waals surface area contributed by atoms with E-state index in [1.807, 2.05) is 13.8 Å². The SMILES string of the molecule is CC1(C)C2=CC(=N)C=CC2=C(c2c(F)c(F)c(F)c(F)c2C(=O)[O-])c2ccc(N)cc21. The van der Waals surface area contributed by atoms with Gasteiger partial charge in [-0.1, -0.05) is 26.0 Å². The number of anilines is 1. The number of nitrogens with one attached hydrogen (secondary N) is 1. The van der Waals surface area contributed by atoms with Gasteiger partial charge in [0.25, 0.3) is 0 Å². The van der Waals surface area contributed by atoms with Crippen LogP contribution >= 0.6 is 0 Å². The van der Waals surface area contributed by atoms with E-state index >= 15 is 4.39 Å². The third kappa shape index (κ3) is 2.82. The Balaban J connectivity index is 2.25. The summed E-state index contributed by atoms with van der Waals surface area (Å²) in [4.78, 5) is 11.7. The number of nitrogens with two attached hydrogens (primary N) is 1. The lowest BCUT2D eigenvalue weighted by atomic mass is 9.64. The number of carboxylic acids is 1. The topological polar surface area (TPSA) is 90.0 Å². The van der Waals surface area contributed by atoms with Crippen molar-refractivity contribution in [3.05, 3.63) is 93.1 Å². The Labute approximate surface area is 174 Å². The standard InChI is InChI=1S/C23H16F4N2O2/c1-23(2)13-7-9(28)3-5-11(13)15(12-6-4-10(29)8-14(12)23)16-17(22(30)31)19(25)21(27)20(26)18(16)24/h3-8,28H,29H2,1-2H3,(H,30,31)/p-1. The normalized spacial score (nSPS) is 16.7. The van der Waals surface area contributed by atoms with Gasteiger partial charge in [0.15, 0.2) is 23.3 Å². The van der Waals surface area contributed by atoms with Gasteiger partial charge >= 0.3 is 0 Å². The zero-order chi connectivity index (χ0) is 22.8. The molecule has 0 aromatic heterocycles. The van der Waals surface area contributed by atoms with E-state index in [-0.39, 0.29) is 22.4 Å². The minimum Gasteiger partial charge on any atom is -0.545 e. The molecule has 2 aromatic rings. The van der Waals surface area contributed by atoms with Gasteiger partial charge in [0.1, 0.15) is 0 Å². The molecule has 0 spiro atoms. The molecule has 0 saturated heterocycles. The molecule has 4 rings (SSSR count). The minimum atomic E-state index is -2.24. The van der Waals surface area contributed by atoms with Gasteiger partial charge in [-0.3, -0.25) is 0 Å². The zero-order valence-corrected chi connectivity index (χ0v) is 16.4. The first kappa shape index (κ1) is 20.6. The highest BCUT2D eigenvalue weighted by Crippen LogP contribution is 2.51. The molecule has 2 aliphatic rings. The molecule has 2 aliphatic carbocycles. The number of hydrogen-bond donors (Lipinski definition) is 2. The van der Waals surface area contributed by atoms with E-state index < -0.39 is 45.8 Å². The summed E-state index contributed by atoms with van der Waals surface area (Å²) in [6.07, 6.45) is 4.31. The van der Waals surface area contributed by atoms with Crippen molar-refractivity contribution in [3.8, 4) is 0 Å². The van der Waals surface area contributed by atoms with E-state index in [4.69, 9.17) is 11.1 Å². The Bertz CT molecular complexity index is 1300. The lowest BCUT2D eigenvalue weighted by Crippen LogP contribution is -2.31. The largest absolute Gasteiger partial charge is 0.545 e. The van der Waals surface area contributed by atoms with Crippen LogP contribution in [0, 0.1) is 28.7 Å². The van der Waals surface area contributed by atoms with Gasteiger partial charge < -0.3 is 21.0 Å². The van der Waals surface area contributed by atoms with Crippen LogP contribution in [0.4, 0.5) is 23.2 Å². The predicted octanol–water partition coefficient (Wildman–Crippen LogP) is 3.80. The first-order chi connectivity index (χ1) is 14.5. The Morgan fingerprint density at radius 3 is 2.32 bits per heavy atom. The second kappa shape index (κ2) is 6.66. The molecule has 31 heavy (non-hydrogen) atoms. The monoisotopic (exact) mass is 427 g/mol. The van der Waals surface area contributed by atoms with Gasteiger partial charge in [0, 0.05) is 27.8 Å². The molecule has 2 aromatic carbocycles. The van der Waals surface area contributed by atoms with Crippen LogP contribution < -0.4 is 10.8 Å². The summed E-state index contributed by atoms with van der Waals surface area (Å²) in [5.41, 5.74) is 4.63. The fourth-order valence-corrected chi connectivity index (χ4v) is 4.19. The summed E-state index contributed by atoms with van der Waals surface area (Å²) in [5.74, 6) is -10.5. The smallest absolute Gasteiger partial charge is 0.198 e. The first-order valence-electron chi connectivity index (χ1n) is 9.18. The number of nitrogen functional groups attached to an aromatic ring is 1. The maximum atomic E-state index is 15.0. The Morgan fingerprint density at radius 2 is 1.68 bits per heavy atom. The van der Waals surface area contributed by atoms with E-state index in [1.54, 1.807) is 6.07 Å². The number of allylic oxidation sites excluding steroid dienone is 5. The highest BCUT2D eigenvalue weighted by atomic mass is 19.2. The third-order valence-electron chi connectivity index (χ3n) is 5.67. The number of carboxylic acid groups (broad SMARTS) is 1. The van der Waals surface area contributed by atoms with Gasteiger partial charge in [0.2, 0.25) is 0 Å². The quantitative estimate of drug-likeness (QED) is 0.331. The predicted molar refractivity (Wildman–Crippen MR) is 105 cm³/mol. The molecule has 4 nitrogen and oxygen atoms in total. The number of carbonyl (C=O) groups excluding carboxylic acids is 1. The molecule has 0 heterocycles. The molecule has 0 radical (unpaired) electrons. The van der Waals surface area contributed by atoms with E-state index in [2.05, 4.69) is 0 Å². The lowest BCUT2D eigenvalue weighted by Gasteiger charge is -2.39. The van der Waals surface area contributed by atoms with Crippen molar-refractivity contribution in [2.24, 2.45) is 0 Å². The van der Waals surface area contributed by atoms with E-state index in [0.29, 0.717) is 16.8 Å². The average molecular weight is 427 g/mol. The molecule has 8 heteroatoms. The van der Waals surface area contributed by atoms with E-state index in [1.165, 1.54) is 30.4 Å². The summed E-state index contributed by atoms with van der Waals surface area (Å²) in [6, 6.07) is 4.55. The van der Waals surface area contributed by atoms with Crippen LogP contribution in [0.15, 0.2) is 47.6 Å². The summed E-state index contributed by atoms with van der Waals surface area (Å²) < 4.78 is 57.6. The van der Waals surface area contributed by atoms with Gasteiger partial charge in [-0.2, -0.15) is 0 Å². The maximum Gasteiger partial charge on any atom is 0.198 e. The minimum absolute atomic E-state index is 0.121. The van der Waals surface area contributed by atoms with Crippen LogP contribution in [0.3, 0.4) is 0 Å². The molecular weight excluding hydrogens is 412 g/mol.